The summed E-state index contributed by atoms with van der Waals surface area (Å²) in [6.07, 6.45) is 2.43. The molecule has 1 aliphatic heterocycles. The molecule has 1 aromatic rings. The first-order valence-corrected chi connectivity index (χ1v) is 7.55. The fourth-order valence-corrected chi connectivity index (χ4v) is 2.69. The largest absolute Gasteiger partial charge is 0.504 e. The van der Waals surface area contributed by atoms with Gasteiger partial charge in [-0.1, -0.05) is 33.8 Å². The highest BCUT2D eigenvalue weighted by atomic mass is 16.3. The Balaban J connectivity index is 2.20. The molecule has 3 nitrogen and oxygen atoms in total. The Morgan fingerprint density at radius 3 is 2.30 bits per heavy atom. The maximum Gasteiger partial charge on any atom is 0.162 e. The van der Waals surface area contributed by atoms with Crippen molar-refractivity contribution in [1.29, 1.82) is 0 Å². The van der Waals surface area contributed by atoms with E-state index in [1.54, 1.807) is 6.07 Å². The number of benzene rings is 1. The van der Waals surface area contributed by atoms with E-state index in [0.717, 1.165) is 36.7 Å². The van der Waals surface area contributed by atoms with Gasteiger partial charge in [0.05, 0.1) is 0 Å². The van der Waals surface area contributed by atoms with Crippen LogP contribution in [-0.4, -0.2) is 28.2 Å². The Hall–Kier alpha value is -1.22. The van der Waals surface area contributed by atoms with E-state index in [1.807, 2.05) is 6.07 Å². The van der Waals surface area contributed by atoms with Crippen LogP contribution in [0, 0.1) is 5.92 Å². The van der Waals surface area contributed by atoms with Gasteiger partial charge in [-0.25, -0.2) is 0 Å². The molecule has 1 aliphatic rings. The summed E-state index contributed by atoms with van der Waals surface area (Å²) in [4.78, 5) is 2.36. The van der Waals surface area contributed by atoms with Gasteiger partial charge < -0.3 is 10.2 Å². The summed E-state index contributed by atoms with van der Waals surface area (Å²) < 4.78 is 0. The SMILES string of the molecule is CC1CCN(Cc2cc(C(C)(C)C)cc(O)c2O)CC1. The molecule has 0 radical (unpaired) electrons. The smallest absolute Gasteiger partial charge is 0.162 e. The van der Waals surface area contributed by atoms with Crippen LogP contribution in [0.4, 0.5) is 0 Å². The second kappa shape index (κ2) is 5.65. The van der Waals surface area contributed by atoms with E-state index >= 15 is 0 Å². The number of likely N-dealkylation sites (tertiary alicyclic amines) is 1. The van der Waals surface area contributed by atoms with Gasteiger partial charge in [-0.2, -0.15) is 0 Å². The van der Waals surface area contributed by atoms with Crippen molar-refractivity contribution in [3.05, 3.63) is 23.3 Å². The van der Waals surface area contributed by atoms with E-state index in [1.165, 1.54) is 12.8 Å². The second-order valence-electron chi connectivity index (χ2n) is 7.21. The van der Waals surface area contributed by atoms with E-state index in [-0.39, 0.29) is 16.9 Å². The van der Waals surface area contributed by atoms with Gasteiger partial charge in [-0.05, 0) is 48.9 Å². The number of rotatable bonds is 2. The predicted octanol–water partition coefficient (Wildman–Crippen LogP) is 3.63. The highest BCUT2D eigenvalue weighted by molar-refractivity contribution is 5.49. The van der Waals surface area contributed by atoms with E-state index in [0.29, 0.717) is 0 Å². The van der Waals surface area contributed by atoms with Crippen LogP contribution in [0.5, 0.6) is 11.5 Å². The minimum Gasteiger partial charge on any atom is -0.504 e. The van der Waals surface area contributed by atoms with Crippen LogP contribution in [-0.2, 0) is 12.0 Å². The van der Waals surface area contributed by atoms with Crippen molar-refractivity contribution in [2.24, 2.45) is 5.92 Å². The average Bonchev–Trinajstić information content (AvgIpc) is 2.36. The molecule has 0 amide bonds. The normalized spacial score (nSPS) is 18.4. The molecule has 0 aromatic heterocycles. The molecule has 2 rings (SSSR count). The zero-order valence-corrected chi connectivity index (χ0v) is 13.1. The molecule has 0 spiro atoms. The summed E-state index contributed by atoms with van der Waals surface area (Å²) in [5, 5.41) is 20.0. The Bertz CT molecular complexity index is 469. The molecule has 2 N–H and O–H groups in total. The number of phenols is 2. The highest BCUT2D eigenvalue weighted by Gasteiger charge is 2.21. The first-order chi connectivity index (χ1) is 9.27. The Morgan fingerprint density at radius 2 is 1.75 bits per heavy atom. The summed E-state index contributed by atoms with van der Waals surface area (Å²) in [5.74, 6) is 0.837. The summed E-state index contributed by atoms with van der Waals surface area (Å²) in [7, 11) is 0. The fraction of sp³-hybridized carbons (Fsp3) is 0.647. The Kier molecular flexibility index (Phi) is 4.28. The van der Waals surface area contributed by atoms with Crippen molar-refractivity contribution in [2.45, 2.75) is 52.5 Å². The van der Waals surface area contributed by atoms with Crippen LogP contribution in [0.15, 0.2) is 12.1 Å². The summed E-state index contributed by atoms with van der Waals surface area (Å²) >= 11 is 0. The van der Waals surface area contributed by atoms with E-state index in [2.05, 4.69) is 32.6 Å². The van der Waals surface area contributed by atoms with Crippen molar-refractivity contribution in [2.75, 3.05) is 13.1 Å². The molecule has 1 aromatic carbocycles. The molecule has 1 heterocycles. The van der Waals surface area contributed by atoms with Crippen molar-refractivity contribution >= 4 is 0 Å². The molecular weight excluding hydrogens is 250 g/mol. The van der Waals surface area contributed by atoms with E-state index in [9.17, 15) is 10.2 Å². The average molecular weight is 277 g/mol. The lowest BCUT2D eigenvalue weighted by Gasteiger charge is -2.31. The topological polar surface area (TPSA) is 43.7 Å². The molecule has 1 saturated heterocycles. The lowest BCUT2D eigenvalue weighted by atomic mass is 9.85. The molecule has 0 aliphatic carbocycles. The third kappa shape index (κ3) is 3.45. The number of hydrogen-bond donors (Lipinski definition) is 2. The van der Waals surface area contributed by atoms with E-state index < -0.39 is 0 Å². The molecule has 20 heavy (non-hydrogen) atoms. The Labute approximate surface area is 122 Å². The lowest BCUT2D eigenvalue weighted by molar-refractivity contribution is 0.183. The minimum absolute atomic E-state index is 0.00203. The van der Waals surface area contributed by atoms with Crippen LogP contribution >= 0.6 is 0 Å². The molecule has 0 atom stereocenters. The van der Waals surface area contributed by atoms with Gasteiger partial charge in [-0.3, -0.25) is 4.90 Å². The van der Waals surface area contributed by atoms with Crippen molar-refractivity contribution in [3.63, 3.8) is 0 Å². The zero-order chi connectivity index (χ0) is 14.9. The zero-order valence-electron chi connectivity index (χ0n) is 13.1. The van der Waals surface area contributed by atoms with Crippen LogP contribution in [0.1, 0.15) is 51.7 Å². The molecular formula is C17H27NO2. The van der Waals surface area contributed by atoms with Gasteiger partial charge in [0.1, 0.15) is 0 Å². The van der Waals surface area contributed by atoms with Gasteiger partial charge in [0.25, 0.3) is 0 Å². The highest BCUT2D eigenvalue weighted by Crippen LogP contribution is 2.36. The number of nitrogens with zero attached hydrogens (tertiary/aromatic N) is 1. The molecule has 0 saturated carbocycles. The summed E-state index contributed by atoms with van der Waals surface area (Å²) in [6.45, 7) is 11.5. The third-order valence-corrected chi connectivity index (χ3v) is 4.30. The summed E-state index contributed by atoms with van der Waals surface area (Å²) in [6, 6.07) is 3.71. The van der Waals surface area contributed by atoms with Crippen LogP contribution in [0.25, 0.3) is 0 Å². The maximum atomic E-state index is 10.1. The van der Waals surface area contributed by atoms with Gasteiger partial charge in [0, 0.05) is 12.1 Å². The second-order valence-corrected chi connectivity index (χ2v) is 7.21. The fourth-order valence-electron chi connectivity index (χ4n) is 2.69. The number of phenolic OH excluding ortho intramolecular Hbond substituents is 2. The van der Waals surface area contributed by atoms with Gasteiger partial charge in [0.2, 0.25) is 0 Å². The molecule has 1 fully saturated rings. The predicted molar refractivity (Wildman–Crippen MR) is 82.1 cm³/mol. The number of hydrogen-bond acceptors (Lipinski definition) is 3. The van der Waals surface area contributed by atoms with Gasteiger partial charge in [0.15, 0.2) is 11.5 Å². The quantitative estimate of drug-likeness (QED) is 0.811. The van der Waals surface area contributed by atoms with Gasteiger partial charge >= 0.3 is 0 Å². The molecule has 112 valence electrons. The van der Waals surface area contributed by atoms with Crippen molar-refractivity contribution in [1.82, 2.24) is 4.90 Å². The maximum absolute atomic E-state index is 10.1. The third-order valence-electron chi connectivity index (χ3n) is 4.30. The number of piperidine rings is 1. The van der Waals surface area contributed by atoms with Gasteiger partial charge in [-0.15, -0.1) is 0 Å². The number of aromatic hydroxyl groups is 2. The first-order valence-electron chi connectivity index (χ1n) is 7.55. The molecule has 3 heteroatoms. The van der Waals surface area contributed by atoms with Crippen molar-refractivity contribution < 1.29 is 10.2 Å². The first kappa shape index (κ1) is 15.2. The monoisotopic (exact) mass is 277 g/mol. The van der Waals surface area contributed by atoms with Crippen LogP contribution < -0.4 is 0 Å². The van der Waals surface area contributed by atoms with Crippen molar-refractivity contribution in [3.8, 4) is 11.5 Å². The summed E-state index contributed by atoms with van der Waals surface area (Å²) in [5.41, 5.74) is 1.87. The molecule has 0 unspecified atom stereocenters. The minimum atomic E-state index is -0.0314. The standard InChI is InChI=1S/C17H27NO2/c1-12-5-7-18(8-6-12)11-13-9-14(17(2,3)4)10-15(19)16(13)20/h9-10,12,19-20H,5-8,11H2,1-4H3. The Morgan fingerprint density at radius 1 is 1.15 bits per heavy atom. The van der Waals surface area contributed by atoms with E-state index in [4.69, 9.17) is 0 Å². The lowest BCUT2D eigenvalue weighted by Crippen LogP contribution is -2.32. The van der Waals surface area contributed by atoms with Crippen LogP contribution in [0.2, 0.25) is 0 Å². The molecule has 0 bridgehead atoms. The van der Waals surface area contributed by atoms with Crippen LogP contribution in [0.3, 0.4) is 0 Å².